The van der Waals surface area contributed by atoms with E-state index in [0.29, 0.717) is 46.5 Å². The number of likely N-dealkylation sites (N-methyl/N-ethyl adjacent to an activating group) is 1. The van der Waals surface area contributed by atoms with Crippen LogP contribution in [0.3, 0.4) is 0 Å². The quantitative estimate of drug-likeness (QED) is 0.196. The highest BCUT2D eigenvalue weighted by molar-refractivity contribution is 5.86. The zero-order valence-corrected chi connectivity index (χ0v) is 25.5. The van der Waals surface area contributed by atoms with Crippen molar-refractivity contribution in [2.45, 2.75) is 50.4 Å². The van der Waals surface area contributed by atoms with Gasteiger partial charge in [-0.1, -0.05) is 18.2 Å². The Morgan fingerprint density at radius 1 is 1.04 bits per heavy atom. The molecule has 3 aromatic carbocycles. The standard InChI is InChI=1S/C35H36FN5O4/c1-22-32(34(43)41(40(22)3)24-7-5-4-6-8-24)33(42)38-23-9-12-31(28(36)19-23)45-30-14-18-37-29-20-26(10-11-27(29)30)44-21-25-13-15-35(16-17-35)39(25)2/h4-12,14,18-20,25,33,38,42H,13,15-17,21H2,1-3H3. The summed E-state index contributed by atoms with van der Waals surface area (Å²) in [5.74, 6) is 0.585. The Bertz CT molecular complexity index is 1930. The molecule has 1 aliphatic heterocycles. The first kappa shape index (κ1) is 29.1. The van der Waals surface area contributed by atoms with Crippen LogP contribution in [0.5, 0.6) is 17.2 Å². The highest BCUT2D eigenvalue weighted by atomic mass is 19.1. The van der Waals surface area contributed by atoms with E-state index in [0.717, 1.165) is 17.6 Å². The number of hydrogen-bond acceptors (Lipinski definition) is 7. The van der Waals surface area contributed by atoms with Crippen molar-refractivity contribution in [3.8, 4) is 22.9 Å². The molecular formula is C35H36FN5O4. The molecule has 2 fully saturated rings. The summed E-state index contributed by atoms with van der Waals surface area (Å²) in [6.07, 6.45) is 5.24. The van der Waals surface area contributed by atoms with Gasteiger partial charge in [-0.05, 0) is 82.1 Å². The van der Waals surface area contributed by atoms with Crippen LogP contribution in [0.4, 0.5) is 10.1 Å². The van der Waals surface area contributed by atoms with Crippen LogP contribution in [-0.2, 0) is 7.05 Å². The number of aliphatic hydroxyl groups excluding tert-OH is 1. The van der Waals surface area contributed by atoms with Crippen molar-refractivity contribution >= 4 is 16.6 Å². The second-order valence-electron chi connectivity index (χ2n) is 12.1. The maximum absolute atomic E-state index is 15.3. The molecule has 2 atom stereocenters. The minimum Gasteiger partial charge on any atom is -0.492 e. The Hall–Kier alpha value is -4.67. The molecule has 1 saturated heterocycles. The highest BCUT2D eigenvalue weighted by Crippen LogP contribution is 2.50. The third-order valence-electron chi connectivity index (χ3n) is 9.51. The number of aromatic nitrogens is 3. The number of nitrogens with zero attached hydrogens (tertiary/aromatic N) is 4. The fourth-order valence-electron chi connectivity index (χ4n) is 6.53. The lowest BCUT2D eigenvalue weighted by atomic mass is 10.2. The first-order chi connectivity index (χ1) is 21.7. The van der Waals surface area contributed by atoms with E-state index in [9.17, 15) is 9.90 Å². The SMILES string of the molecule is Cc1c(C(O)Nc2ccc(Oc3ccnc4cc(OCC5CCC6(CC6)N5C)ccc34)c(F)c2)c(=O)n(-c2ccccc2)n1C. The number of halogens is 1. The molecule has 45 heavy (non-hydrogen) atoms. The molecule has 0 bridgehead atoms. The van der Waals surface area contributed by atoms with Gasteiger partial charge in [0, 0.05) is 53.7 Å². The topological polar surface area (TPSA) is 93.8 Å². The average Bonchev–Trinajstić information content (AvgIpc) is 3.71. The van der Waals surface area contributed by atoms with Crippen LogP contribution in [-0.4, -0.2) is 49.6 Å². The molecule has 0 amide bonds. The number of para-hydroxylation sites is 1. The fraction of sp³-hybridized carbons (Fsp3) is 0.314. The highest BCUT2D eigenvalue weighted by Gasteiger charge is 2.52. The molecule has 5 aromatic rings. The van der Waals surface area contributed by atoms with Crippen LogP contribution in [0.1, 0.15) is 43.2 Å². The van der Waals surface area contributed by atoms with E-state index in [1.807, 2.05) is 48.5 Å². The van der Waals surface area contributed by atoms with Crippen LogP contribution in [0.15, 0.2) is 83.8 Å². The monoisotopic (exact) mass is 609 g/mol. The molecule has 7 rings (SSSR count). The molecular weight excluding hydrogens is 573 g/mol. The van der Waals surface area contributed by atoms with E-state index in [1.165, 1.54) is 36.1 Å². The molecule has 1 saturated carbocycles. The minimum absolute atomic E-state index is 0.0171. The summed E-state index contributed by atoms with van der Waals surface area (Å²) in [6, 6.07) is 21.2. The van der Waals surface area contributed by atoms with Crippen LogP contribution < -0.4 is 20.3 Å². The number of nitrogens with one attached hydrogen (secondary N) is 1. The number of rotatable bonds is 9. The molecule has 232 valence electrons. The number of pyridine rings is 1. The summed E-state index contributed by atoms with van der Waals surface area (Å²) in [5, 5.41) is 14.6. The smallest absolute Gasteiger partial charge is 0.279 e. The summed E-state index contributed by atoms with van der Waals surface area (Å²) < 4.78 is 30.6. The van der Waals surface area contributed by atoms with E-state index in [4.69, 9.17) is 9.47 Å². The molecule has 2 aromatic heterocycles. The minimum atomic E-state index is -1.36. The van der Waals surface area contributed by atoms with Gasteiger partial charge in [-0.25, -0.2) is 9.07 Å². The lowest BCUT2D eigenvalue weighted by Crippen LogP contribution is -2.37. The van der Waals surface area contributed by atoms with Gasteiger partial charge in [0.1, 0.15) is 18.1 Å². The van der Waals surface area contributed by atoms with Gasteiger partial charge in [0.2, 0.25) is 0 Å². The Kier molecular flexibility index (Phi) is 7.33. The number of ether oxygens (including phenoxy) is 2. The summed E-state index contributed by atoms with van der Waals surface area (Å²) in [5.41, 5.74) is 2.47. The number of aliphatic hydroxyl groups is 1. The van der Waals surface area contributed by atoms with E-state index < -0.39 is 12.0 Å². The molecule has 3 heterocycles. The third kappa shape index (κ3) is 5.34. The van der Waals surface area contributed by atoms with Crippen molar-refractivity contribution in [2.75, 3.05) is 19.0 Å². The summed E-state index contributed by atoms with van der Waals surface area (Å²) in [6.45, 7) is 2.39. The molecule has 2 aliphatic rings. The lowest BCUT2D eigenvalue weighted by molar-refractivity contribution is 0.159. The van der Waals surface area contributed by atoms with Crippen LogP contribution in [0.25, 0.3) is 16.6 Å². The van der Waals surface area contributed by atoms with Crippen molar-refractivity contribution in [2.24, 2.45) is 7.05 Å². The number of fused-ring (bicyclic) bond motifs is 1. The van der Waals surface area contributed by atoms with Gasteiger partial charge in [-0.3, -0.25) is 19.4 Å². The van der Waals surface area contributed by atoms with E-state index in [-0.39, 0.29) is 16.9 Å². The summed E-state index contributed by atoms with van der Waals surface area (Å²) >= 11 is 0. The molecule has 1 spiro atoms. The predicted molar refractivity (Wildman–Crippen MR) is 171 cm³/mol. The Morgan fingerprint density at radius 2 is 1.84 bits per heavy atom. The van der Waals surface area contributed by atoms with Gasteiger partial charge < -0.3 is 19.9 Å². The van der Waals surface area contributed by atoms with Crippen molar-refractivity contribution < 1.29 is 19.0 Å². The number of likely N-dealkylation sites (tertiary alicyclic amines) is 1. The first-order valence-corrected chi connectivity index (χ1v) is 15.2. The second kappa shape index (κ2) is 11.4. The largest absolute Gasteiger partial charge is 0.492 e. The first-order valence-electron chi connectivity index (χ1n) is 15.2. The Labute approximate surface area is 260 Å². The number of anilines is 1. The molecule has 1 aliphatic carbocycles. The lowest BCUT2D eigenvalue weighted by Gasteiger charge is -2.25. The van der Waals surface area contributed by atoms with E-state index >= 15 is 4.39 Å². The van der Waals surface area contributed by atoms with Crippen molar-refractivity contribution in [3.05, 3.63) is 106 Å². The zero-order chi connectivity index (χ0) is 31.3. The molecule has 0 radical (unpaired) electrons. The van der Waals surface area contributed by atoms with Crippen LogP contribution in [0.2, 0.25) is 0 Å². The molecule has 10 heteroatoms. The normalized spacial score (nSPS) is 17.9. The molecule has 2 N–H and O–H groups in total. The van der Waals surface area contributed by atoms with Crippen LogP contribution in [0, 0.1) is 12.7 Å². The number of benzene rings is 3. The Morgan fingerprint density at radius 3 is 2.58 bits per heavy atom. The van der Waals surface area contributed by atoms with Gasteiger partial charge >= 0.3 is 0 Å². The maximum Gasteiger partial charge on any atom is 0.279 e. The van der Waals surface area contributed by atoms with Gasteiger partial charge in [0.25, 0.3) is 5.56 Å². The van der Waals surface area contributed by atoms with E-state index in [2.05, 4.69) is 22.2 Å². The maximum atomic E-state index is 15.3. The van der Waals surface area contributed by atoms with Crippen LogP contribution >= 0.6 is 0 Å². The number of hydrogen-bond donors (Lipinski definition) is 2. The molecule has 9 nitrogen and oxygen atoms in total. The molecule has 2 unspecified atom stereocenters. The Balaban J connectivity index is 1.05. The third-order valence-corrected chi connectivity index (χ3v) is 9.51. The van der Waals surface area contributed by atoms with Gasteiger partial charge in [0.15, 0.2) is 17.8 Å². The average molecular weight is 610 g/mol. The summed E-state index contributed by atoms with van der Waals surface area (Å²) in [7, 11) is 3.96. The zero-order valence-electron chi connectivity index (χ0n) is 25.5. The van der Waals surface area contributed by atoms with Gasteiger partial charge in [-0.15, -0.1) is 0 Å². The van der Waals surface area contributed by atoms with Crippen molar-refractivity contribution in [1.82, 2.24) is 19.2 Å². The predicted octanol–water partition coefficient (Wildman–Crippen LogP) is 6.07. The van der Waals surface area contributed by atoms with Gasteiger partial charge in [0.05, 0.1) is 16.8 Å². The second-order valence-corrected chi connectivity index (χ2v) is 12.1. The van der Waals surface area contributed by atoms with Crippen molar-refractivity contribution in [3.63, 3.8) is 0 Å². The van der Waals surface area contributed by atoms with Crippen molar-refractivity contribution in [1.29, 1.82) is 0 Å². The fourth-order valence-corrected chi connectivity index (χ4v) is 6.53. The van der Waals surface area contributed by atoms with Gasteiger partial charge in [-0.2, -0.15) is 0 Å². The summed E-state index contributed by atoms with van der Waals surface area (Å²) in [4.78, 5) is 20.2. The van der Waals surface area contributed by atoms with E-state index in [1.54, 1.807) is 37.0 Å².